The summed E-state index contributed by atoms with van der Waals surface area (Å²) in [4.78, 5) is 0. The summed E-state index contributed by atoms with van der Waals surface area (Å²) in [6.45, 7) is 5.31. The van der Waals surface area contributed by atoms with Crippen LogP contribution < -0.4 is 10.5 Å². The molecule has 0 aromatic heterocycles. The molecule has 1 aromatic carbocycles. The van der Waals surface area contributed by atoms with Crippen LogP contribution in [0.15, 0.2) is 18.2 Å². The van der Waals surface area contributed by atoms with E-state index < -0.39 is 0 Å². The molecule has 1 rings (SSSR count). The summed E-state index contributed by atoms with van der Waals surface area (Å²) in [5.74, 6) is 1.21. The maximum atomic E-state index is 6.01. The van der Waals surface area contributed by atoms with Gasteiger partial charge in [0.1, 0.15) is 5.75 Å². The van der Waals surface area contributed by atoms with Gasteiger partial charge >= 0.3 is 0 Å². The highest BCUT2D eigenvalue weighted by Gasteiger charge is 2.07. The molecule has 0 atom stereocenters. The predicted molar refractivity (Wildman–Crippen MR) is 66.9 cm³/mol. The van der Waals surface area contributed by atoms with Crippen LogP contribution in [-0.2, 0) is 6.54 Å². The van der Waals surface area contributed by atoms with Crippen LogP contribution in [0.4, 0.5) is 0 Å². The summed E-state index contributed by atoms with van der Waals surface area (Å²) in [7, 11) is 0. The number of hydrogen-bond donors (Lipinski definition) is 1. The summed E-state index contributed by atoms with van der Waals surface area (Å²) < 4.78 is 5.61. The lowest BCUT2D eigenvalue weighted by Gasteiger charge is -2.13. The Kier molecular flexibility index (Phi) is 6.73. The molecule has 0 unspecified atom stereocenters. The molecule has 4 heteroatoms. The first-order valence-electron chi connectivity index (χ1n) is 4.75. The second kappa shape index (κ2) is 6.94. The van der Waals surface area contributed by atoms with E-state index in [1.54, 1.807) is 0 Å². The van der Waals surface area contributed by atoms with Gasteiger partial charge in [-0.2, -0.15) is 0 Å². The SMILES string of the molecule is CC(C)COc1c(Cl)cccc1CN.Cl. The Morgan fingerprint density at radius 1 is 1.40 bits per heavy atom. The van der Waals surface area contributed by atoms with Crippen molar-refractivity contribution in [3.63, 3.8) is 0 Å². The number of halogens is 2. The molecule has 0 heterocycles. The van der Waals surface area contributed by atoms with E-state index in [1.807, 2.05) is 18.2 Å². The van der Waals surface area contributed by atoms with Gasteiger partial charge in [-0.3, -0.25) is 0 Å². The van der Waals surface area contributed by atoms with E-state index in [2.05, 4.69) is 13.8 Å². The van der Waals surface area contributed by atoms with Gasteiger partial charge in [-0.1, -0.05) is 37.6 Å². The van der Waals surface area contributed by atoms with Crippen molar-refractivity contribution < 1.29 is 4.74 Å². The highest BCUT2D eigenvalue weighted by molar-refractivity contribution is 6.32. The molecular weight excluding hydrogens is 233 g/mol. The van der Waals surface area contributed by atoms with Crippen LogP contribution in [0.25, 0.3) is 0 Å². The summed E-state index contributed by atoms with van der Waals surface area (Å²) in [5.41, 5.74) is 6.54. The third-order valence-corrected chi connectivity index (χ3v) is 2.13. The van der Waals surface area contributed by atoms with Gasteiger partial charge in [-0.25, -0.2) is 0 Å². The molecule has 15 heavy (non-hydrogen) atoms. The number of benzene rings is 1. The third kappa shape index (κ3) is 4.29. The number of nitrogens with two attached hydrogens (primary N) is 1. The zero-order chi connectivity index (χ0) is 10.6. The lowest BCUT2D eigenvalue weighted by Crippen LogP contribution is -2.08. The van der Waals surface area contributed by atoms with Crippen molar-refractivity contribution in [2.24, 2.45) is 11.7 Å². The molecule has 0 aliphatic heterocycles. The molecule has 0 saturated heterocycles. The van der Waals surface area contributed by atoms with Gasteiger partial charge < -0.3 is 10.5 Å². The van der Waals surface area contributed by atoms with Crippen LogP contribution in [0.5, 0.6) is 5.75 Å². The molecule has 1 aromatic rings. The van der Waals surface area contributed by atoms with Crippen molar-refractivity contribution in [3.05, 3.63) is 28.8 Å². The van der Waals surface area contributed by atoms with Gasteiger partial charge in [-0.15, -0.1) is 12.4 Å². The van der Waals surface area contributed by atoms with Gasteiger partial charge in [0, 0.05) is 12.1 Å². The molecule has 0 aliphatic carbocycles. The van der Waals surface area contributed by atoms with Crippen LogP contribution >= 0.6 is 24.0 Å². The van der Waals surface area contributed by atoms with Crippen LogP contribution in [0, 0.1) is 5.92 Å². The molecule has 0 spiro atoms. The highest BCUT2D eigenvalue weighted by Crippen LogP contribution is 2.28. The van der Waals surface area contributed by atoms with Gasteiger partial charge in [0.25, 0.3) is 0 Å². The zero-order valence-corrected chi connectivity index (χ0v) is 10.6. The average Bonchev–Trinajstić information content (AvgIpc) is 2.15. The Hall–Kier alpha value is -0.440. The van der Waals surface area contributed by atoms with Crippen LogP contribution in [0.1, 0.15) is 19.4 Å². The summed E-state index contributed by atoms with van der Waals surface area (Å²) in [6, 6.07) is 5.63. The highest BCUT2D eigenvalue weighted by atomic mass is 35.5. The lowest BCUT2D eigenvalue weighted by atomic mass is 10.2. The molecule has 0 fully saturated rings. The summed E-state index contributed by atoms with van der Waals surface area (Å²) >= 11 is 6.01. The minimum atomic E-state index is 0. The fourth-order valence-corrected chi connectivity index (χ4v) is 1.37. The molecule has 2 N–H and O–H groups in total. The van der Waals surface area contributed by atoms with Crippen molar-refractivity contribution in [1.29, 1.82) is 0 Å². The van der Waals surface area contributed by atoms with Crippen molar-refractivity contribution >= 4 is 24.0 Å². The van der Waals surface area contributed by atoms with Gasteiger partial charge in [0.05, 0.1) is 11.6 Å². The largest absolute Gasteiger partial charge is 0.491 e. The normalized spacial score (nSPS) is 9.93. The van der Waals surface area contributed by atoms with Crippen LogP contribution in [0.3, 0.4) is 0 Å². The van der Waals surface area contributed by atoms with Crippen molar-refractivity contribution in [3.8, 4) is 5.75 Å². The number of para-hydroxylation sites is 1. The van der Waals surface area contributed by atoms with E-state index in [4.69, 9.17) is 22.1 Å². The summed E-state index contributed by atoms with van der Waals surface area (Å²) in [6.07, 6.45) is 0. The van der Waals surface area contributed by atoms with E-state index in [0.717, 1.165) is 11.3 Å². The minimum absolute atomic E-state index is 0. The number of ether oxygens (including phenoxy) is 1. The molecule has 2 nitrogen and oxygen atoms in total. The van der Waals surface area contributed by atoms with Crippen LogP contribution in [0.2, 0.25) is 5.02 Å². The zero-order valence-electron chi connectivity index (χ0n) is 9.00. The van der Waals surface area contributed by atoms with E-state index >= 15 is 0 Å². The van der Waals surface area contributed by atoms with Crippen molar-refractivity contribution in [1.82, 2.24) is 0 Å². The molecule has 0 aliphatic rings. The Labute approximate surface area is 102 Å². The van der Waals surface area contributed by atoms with Crippen molar-refractivity contribution in [2.75, 3.05) is 6.61 Å². The Morgan fingerprint density at radius 2 is 2.07 bits per heavy atom. The average molecular weight is 250 g/mol. The number of hydrogen-bond acceptors (Lipinski definition) is 2. The minimum Gasteiger partial charge on any atom is -0.491 e. The molecule has 0 radical (unpaired) electrons. The number of rotatable bonds is 4. The van der Waals surface area contributed by atoms with E-state index in [9.17, 15) is 0 Å². The van der Waals surface area contributed by atoms with E-state index in [0.29, 0.717) is 24.1 Å². The maximum absolute atomic E-state index is 6.01. The predicted octanol–water partition coefficient (Wildman–Crippen LogP) is 3.26. The summed E-state index contributed by atoms with van der Waals surface area (Å²) in [5, 5.41) is 0.633. The monoisotopic (exact) mass is 249 g/mol. The maximum Gasteiger partial charge on any atom is 0.142 e. The first-order valence-corrected chi connectivity index (χ1v) is 5.13. The first-order chi connectivity index (χ1) is 6.65. The lowest BCUT2D eigenvalue weighted by molar-refractivity contribution is 0.269. The van der Waals surface area contributed by atoms with Gasteiger partial charge in [0.2, 0.25) is 0 Å². The standard InChI is InChI=1S/C11H16ClNO.ClH/c1-8(2)7-14-11-9(6-13)4-3-5-10(11)12;/h3-5,8H,6-7,13H2,1-2H3;1H. The first kappa shape index (κ1) is 14.6. The topological polar surface area (TPSA) is 35.2 Å². The van der Waals surface area contributed by atoms with E-state index in [-0.39, 0.29) is 12.4 Å². The van der Waals surface area contributed by atoms with E-state index in [1.165, 1.54) is 0 Å². The molecule has 0 amide bonds. The fourth-order valence-electron chi connectivity index (χ4n) is 1.13. The fraction of sp³-hybridized carbons (Fsp3) is 0.455. The Morgan fingerprint density at radius 3 is 2.60 bits per heavy atom. The molecule has 0 saturated carbocycles. The van der Waals surface area contributed by atoms with Crippen LogP contribution in [-0.4, -0.2) is 6.61 Å². The quantitative estimate of drug-likeness (QED) is 0.890. The Balaban J connectivity index is 0.00000196. The van der Waals surface area contributed by atoms with Gasteiger partial charge in [-0.05, 0) is 12.0 Å². The Bertz CT molecular complexity index is 303. The molecule has 0 bridgehead atoms. The third-order valence-electron chi connectivity index (χ3n) is 1.83. The molecule has 86 valence electrons. The second-order valence-corrected chi connectivity index (χ2v) is 4.04. The smallest absolute Gasteiger partial charge is 0.142 e. The van der Waals surface area contributed by atoms with Gasteiger partial charge in [0.15, 0.2) is 0 Å². The molecular formula is C11H17Cl2NO. The second-order valence-electron chi connectivity index (χ2n) is 3.64. The van der Waals surface area contributed by atoms with Crippen molar-refractivity contribution in [2.45, 2.75) is 20.4 Å².